The smallest absolute Gasteiger partial charge is 0.260 e. The maximum absolute atomic E-state index is 12.8. The number of H-pyrrole nitrogens is 1. The summed E-state index contributed by atoms with van der Waals surface area (Å²) in [5, 5.41) is 0. The number of carbonyl (C=O) groups excluding carboxylic acids is 1. The van der Waals surface area contributed by atoms with E-state index >= 15 is 0 Å². The van der Waals surface area contributed by atoms with E-state index in [9.17, 15) is 9.59 Å². The molecule has 0 bridgehead atoms. The van der Waals surface area contributed by atoms with Crippen LogP contribution in [0.15, 0.2) is 41.2 Å². The van der Waals surface area contributed by atoms with Gasteiger partial charge in [0.05, 0.1) is 0 Å². The lowest BCUT2D eigenvalue weighted by molar-refractivity contribution is 0.0668. The molecular formula is C22H28N4O2. The van der Waals surface area contributed by atoms with Crippen molar-refractivity contribution in [1.82, 2.24) is 20.7 Å². The van der Waals surface area contributed by atoms with Crippen molar-refractivity contribution in [2.24, 2.45) is 5.92 Å². The fraction of sp³-hybridized carbons (Fsp3) is 0.455. The number of aromatic amines is 1. The van der Waals surface area contributed by atoms with E-state index in [1.54, 1.807) is 12.1 Å². The van der Waals surface area contributed by atoms with Gasteiger partial charge in [0.2, 0.25) is 0 Å². The number of aromatic nitrogens is 1. The van der Waals surface area contributed by atoms with Crippen LogP contribution in [0.1, 0.15) is 45.9 Å². The standard InChI is InChI=1S/C22H28N4O2/c1-14-4-3-5-17(12-14)19-13-23-25-20(19)16-8-10-26(11-9-16)22(28)18-7-6-15(2)24-21(18)27/h3-7,12,16,19-20,23,25H,8-11,13H2,1-2H3,(H,24,27). The molecule has 2 aliphatic rings. The van der Waals surface area contributed by atoms with Crippen molar-refractivity contribution in [3.63, 3.8) is 0 Å². The molecule has 1 amide bonds. The molecule has 6 heteroatoms. The van der Waals surface area contributed by atoms with Crippen LogP contribution >= 0.6 is 0 Å². The summed E-state index contributed by atoms with van der Waals surface area (Å²) in [6.45, 7) is 6.25. The number of nitrogens with one attached hydrogen (secondary N) is 3. The Morgan fingerprint density at radius 3 is 2.61 bits per heavy atom. The molecule has 3 heterocycles. The van der Waals surface area contributed by atoms with Gasteiger partial charge in [0.1, 0.15) is 5.56 Å². The van der Waals surface area contributed by atoms with Crippen LogP contribution in [0.2, 0.25) is 0 Å². The van der Waals surface area contributed by atoms with E-state index in [0.717, 1.165) is 25.1 Å². The molecule has 2 unspecified atom stereocenters. The number of benzene rings is 1. The summed E-state index contributed by atoms with van der Waals surface area (Å²) in [7, 11) is 0. The molecule has 1 aromatic heterocycles. The van der Waals surface area contributed by atoms with E-state index in [2.05, 4.69) is 47.0 Å². The second-order valence-corrected chi connectivity index (χ2v) is 8.09. The average molecular weight is 380 g/mol. The molecule has 3 N–H and O–H groups in total. The fourth-order valence-corrected chi connectivity index (χ4v) is 4.56. The summed E-state index contributed by atoms with van der Waals surface area (Å²) in [4.78, 5) is 29.4. The number of likely N-dealkylation sites (tertiary alicyclic amines) is 1. The molecule has 2 atom stereocenters. The van der Waals surface area contributed by atoms with Gasteiger partial charge in [-0.15, -0.1) is 0 Å². The molecule has 1 aromatic carbocycles. The van der Waals surface area contributed by atoms with Gasteiger partial charge in [-0.3, -0.25) is 20.4 Å². The zero-order chi connectivity index (χ0) is 19.7. The zero-order valence-electron chi connectivity index (χ0n) is 16.5. The third kappa shape index (κ3) is 3.75. The second-order valence-electron chi connectivity index (χ2n) is 8.09. The largest absolute Gasteiger partial charge is 0.338 e. The van der Waals surface area contributed by atoms with E-state index in [4.69, 9.17) is 0 Å². The number of rotatable bonds is 3. The molecule has 0 radical (unpaired) electrons. The zero-order valence-corrected chi connectivity index (χ0v) is 16.5. The summed E-state index contributed by atoms with van der Waals surface area (Å²) < 4.78 is 0. The van der Waals surface area contributed by atoms with Crippen LogP contribution in [0.5, 0.6) is 0 Å². The minimum absolute atomic E-state index is 0.160. The molecule has 6 nitrogen and oxygen atoms in total. The Morgan fingerprint density at radius 2 is 1.89 bits per heavy atom. The Balaban J connectivity index is 1.42. The van der Waals surface area contributed by atoms with Crippen molar-refractivity contribution in [2.45, 2.75) is 38.6 Å². The number of hydrazine groups is 1. The number of hydrogen-bond acceptors (Lipinski definition) is 4. The highest BCUT2D eigenvalue weighted by Crippen LogP contribution is 2.32. The molecule has 148 valence electrons. The molecular weight excluding hydrogens is 352 g/mol. The van der Waals surface area contributed by atoms with Crippen LogP contribution in [0, 0.1) is 19.8 Å². The molecule has 2 aliphatic heterocycles. The Labute approximate surface area is 165 Å². The first kappa shape index (κ1) is 18.9. The van der Waals surface area contributed by atoms with E-state index in [1.807, 2.05) is 11.8 Å². The first-order chi connectivity index (χ1) is 13.5. The van der Waals surface area contributed by atoms with E-state index < -0.39 is 0 Å². The van der Waals surface area contributed by atoms with Gasteiger partial charge in [-0.1, -0.05) is 29.8 Å². The number of carbonyl (C=O) groups is 1. The van der Waals surface area contributed by atoms with Gasteiger partial charge in [-0.05, 0) is 50.3 Å². The molecule has 28 heavy (non-hydrogen) atoms. The van der Waals surface area contributed by atoms with E-state index in [1.165, 1.54) is 11.1 Å². The quantitative estimate of drug-likeness (QED) is 0.762. The molecule has 2 aromatic rings. The van der Waals surface area contributed by atoms with Crippen LogP contribution in [-0.2, 0) is 0 Å². The van der Waals surface area contributed by atoms with Gasteiger partial charge in [0.25, 0.3) is 11.5 Å². The number of hydrogen-bond donors (Lipinski definition) is 3. The lowest BCUT2D eigenvalue weighted by atomic mass is 9.80. The topological polar surface area (TPSA) is 77.2 Å². The second kappa shape index (κ2) is 7.89. The van der Waals surface area contributed by atoms with Crippen molar-refractivity contribution < 1.29 is 4.79 Å². The molecule has 0 spiro atoms. The predicted molar refractivity (Wildman–Crippen MR) is 109 cm³/mol. The molecule has 2 fully saturated rings. The average Bonchev–Trinajstić information content (AvgIpc) is 3.17. The lowest BCUT2D eigenvalue weighted by Crippen LogP contribution is -2.46. The van der Waals surface area contributed by atoms with Crippen molar-refractivity contribution in [3.05, 3.63) is 69.1 Å². The van der Waals surface area contributed by atoms with Crippen LogP contribution in [0.3, 0.4) is 0 Å². The van der Waals surface area contributed by atoms with Gasteiger partial charge in [-0.25, -0.2) is 0 Å². The molecule has 4 rings (SSSR count). The third-order valence-electron chi connectivity index (χ3n) is 6.11. The summed E-state index contributed by atoms with van der Waals surface area (Å²) in [6.07, 6.45) is 1.88. The predicted octanol–water partition coefficient (Wildman–Crippen LogP) is 2.10. The van der Waals surface area contributed by atoms with Crippen LogP contribution < -0.4 is 16.4 Å². The number of piperidine rings is 1. The SMILES string of the molecule is Cc1cccc(C2CNNC2C2CCN(C(=O)c3ccc(C)[nH]c3=O)CC2)c1. The van der Waals surface area contributed by atoms with Crippen molar-refractivity contribution in [3.8, 4) is 0 Å². The summed E-state index contributed by atoms with van der Waals surface area (Å²) in [5.41, 5.74) is 10.2. The number of pyridine rings is 1. The number of aryl methyl sites for hydroxylation is 2. The lowest BCUT2D eigenvalue weighted by Gasteiger charge is -2.36. The first-order valence-corrected chi connectivity index (χ1v) is 10.1. The summed E-state index contributed by atoms with van der Waals surface area (Å²) >= 11 is 0. The minimum atomic E-state index is -0.298. The Morgan fingerprint density at radius 1 is 1.11 bits per heavy atom. The number of amides is 1. The van der Waals surface area contributed by atoms with Gasteiger partial charge < -0.3 is 9.88 Å². The maximum atomic E-state index is 12.8. The van der Waals surface area contributed by atoms with E-state index in [0.29, 0.717) is 31.0 Å². The Kier molecular flexibility index (Phi) is 5.33. The first-order valence-electron chi connectivity index (χ1n) is 10.1. The number of nitrogens with zero attached hydrogens (tertiary/aromatic N) is 1. The Hall–Kier alpha value is -2.44. The summed E-state index contributed by atoms with van der Waals surface area (Å²) in [5.74, 6) is 0.778. The highest BCUT2D eigenvalue weighted by Gasteiger charge is 2.37. The van der Waals surface area contributed by atoms with Crippen LogP contribution in [0.4, 0.5) is 0 Å². The maximum Gasteiger partial charge on any atom is 0.260 e. The van der Waals surface area contributed by atoms with Crippen molar-refractivity contribution in [2.75, 3.05) is 19.6 Å². The highest BCUT2D eigenvalue weighted by molar-refractivity contribution is 5.93. The van der Waals surface area contributed by atoms with Gasteiger partial charge in [0.15, 0.2) is 0 Å². The van der Waals surface area contributed by atoms with Crippen molar-refractivity contribution >= 4 is 5.91 Å². The van der Waals surface area contributed by atoms with Gasteiger partial charge in [0, 0.05) is 37.3 Å². The third-order valence-corrected chi connectivity index (χ3v) is 6.11. The molecule has 2 saturated heterocycles. The van der Waals surface area contributed by atoms with Crippen LogP contribution in [-0.4, -0.2) is 41.5 Å². The highest BCUT2D eigenvalue weighted by atomic mass is 16.2. The molecule has 0 saturated carbocycles. The van der Waals surface area contributed by atoms with Crippen LogP contribution in [0.25, 0.3) is 0 Å². The van der Waals surface area contributed by atoms with Gasteiger partial charge >= 0.3 is 0 Å². The Bertz CT molecular complexity index is 915. The van der Waals surface area contributed by atoms with Crippen molar-refractivity contribution in [1.29, 1.82) is 0 Å². The van der Waals surface area contributed by atoms with E-state index in [-0.39, 0.29) is 17.0 Å². The summed E-state index contributed by atoms with van der Waals surface area (Å²) in [6, 6.07) is 12.5. The normalized spacial score (nSPS) is 23.1. The monoisotopic (exact) mass is 380 g/mol. The van der Waals surface area contributed by atoms with Gasteiger partial charge in [-0.2, -0.15) is 0 Å². The minimum Gasteiger partial charge on any atom is -0.338 e. The fourth-order valence-electron chi connectivity index (χ4n) is 4.56. The molecule has 0 aliphatic carbocycles.